The summed E-state index contributed by atoms with van der Waals surface area (Å²) >= 11 is 5.47. The van der Waals surface area contributed by atoms with Crippen molar-refractivity contribution in [1.29, 1.82) is 0 Å². The molecule has 78 valence electrons. The number of hydrogen-bond donors (Lipinski definition) is 0. The summed E-state index contributed by atoms with van der Waals surface area (Å²) in [6.45, 7) is 0. The lowest BCUT2D eigenvalue weighted by Gasteiger charge is -2.20. The van der Waals surface area contributed by atoms with Crippen molar-refractivity contribution < 1.29 is 13.2 Å². The molecular formula is C8H8ClF3N2. The Hall–Kier alpha value is -0.710. The third-order valence-corrected chi connectivity index (χ3v) is 2.79. The largest absolute Gasteiger partial charge is 0.411 e. The van der Waals surface area contributed by atoms with Gasteiger partial charge in [-0.15, -0.1) is 11.6 Å². The second-order valence-electron chi connectivity index (χ2n) is 3.44. The van der Waals surface area contributed by atoms with Crippen LogP contribution in [-0.2, 0) is 11.4 Å². The molecule has 1 aliphatic carbocycles. The van der Waals surface area contributed by atoms with Crippen LogP contribution < -0.4 is 0 Å². The molecule has 0 spiro atoms. The molecule has 0 amide bonds. The third-order valence-electron chi connectivity index (χ3n) is 2.52. The quantitative estimate of drug-likeness (QED) is 0.707. The maximum atomic E-state index is 12.6. The second kappa shape index (κ2) is 2.89. The number of nitrogens with zero attached hydrogens (tertiary/aromatic N) is 2. The van der Waals surface area contributed by atoms with Gasteiger partial charge in [0.15, 0.2) is 0 Å². The number of rotatable bonds is 2. The highest BCUT2D eigenvalue weighted by Gasteiger charge is 2.64. The van der Waals surface area contributed by atoms with Gasteiger partial charge in [-0.05, 0) is 12.8 Å². The molecule has 1 aliphatic rings. The first-order valence-corrected chi connectivity index (χ1v) is 4.69. The van der Waals surface area contributed by atoms with Crippen LogP contribution in [0.5, 0.6) is 0 Å². The summed E-state index contributed by atoms with van der Waals surface area (Å²) in [5, 5.41) is 0. The number of imidazole rings is 1. The first-order valence-electron chi connectivity index (χ1n) is 4.16. The number of alkyl halides is 4. The van der Waals surface area contributed by atoms with E-state index >= 15 is 0 Å². The van der Waals surface area contributed by atoms with E-state index in [2.05, 4.69) is 4.98 Å². The van der Waals surface area contributed by atoms with Crippen LogP contribution in [0, 0.1) is 0 Å². The standard InChI is InChI=1S/C8H8ClF3N2/c9-3-6-4-14(5-13-6)7(1-2-7)8(10,11)12/h4-5H,1-3H2. The summed E-state index contributed by atoms with van der Waals surface area (Å²) < 4.78 is 39.0. The van der Waals surface area contributed by atoms with Crippen LogP contribution in [0.3, 0.4) is 0 Å². The average molecular weight is 225 g/mol. The molecule has 1 aromatic rings. The van der Waals surface area contributed by atoms with E-state index in [4.69, 9.17) is 11.6 Å². The first kappa shape index (κ1) is 9.83. The molecule has 0 saturated heterocycles. The van der Waals surface area contributed by atoms with Crippen molar-refractivity contribution in [3.05, 3.63) is 18.2 Å². The van der Waals surface area contributed by atoms with E-state index in [0.29, 0.717) is 5.69 Å². The Morgan fingerprint density at radius 2 is 2.14 bits per heavy atom. The highest BCUT2D eigenvalue weighted by molar-refractivity contribution is 6.16. The molecule has 2 nitrogen and oxygen atoms in total. The van der Waals surface area contributed by atoms with Crippen molar-refractivity contribution in [2.24, 2.45) is 0 Å². The Bertz CT molecular complexity index is 341. The van der Waals surface area contributed by atoms with E-state index in [9.17, 15) is 13.2 Å². The van der Waals surface area contributed by atoms with Gasteiger partial charge in [-0.25, -0.2) is 4.98 Å². The van der Waals surface area contributed by atoms with Crippen LogP contribution >= 0.6 is 11.6 Å². The summed E-state index contributed by atoms with van der Waals surface area (Å²) in [6, 6.07) is 0. The Morgan fingerprint density at radius 3 is 2.50 bits per heavy atom. The van der Waals surface area contributed by atoms with Crippen LogP contribution in [0.1, 0.15) is 18.5 Å². The van der Waals surface area contributed by atoms with E-state index < -0.39 is 11.7 Å². The summed E-state index contributed by atoms with van der Waals surface area (Å²) in [6.07, 6.45) is -1.36. The SMILES string of the molecule is FC(F)(F)C1(n2cnc(CCl)c2)CC1. The van der Waals surface area contributed by atoms with Crippen molar-refractivity contribution in [3.8, 4) is 0 Å². The molecule has 2 rings (SSSR count). The molecule has 0 aliphatic heterocycles. The van der Waals surface area contributed by atoms with Gasteiger partial charge in [-0.2, -0.15) is 13.2 Å². The molecule has 6 heteroatoms. The topological polar surface area (TPSA) is 17.8 Å². The van der Waals surface area contributed by atoms with Gasteiger partial charge in [0.25, 0.3) is 0 Å². The molecule has 0 atom stereocenters. The Morgan fingerprint density at radius 1 is 1.50 bits per heavy atom. The first-order chi connectivity index (χ1) is 6.49. The Balaban J connectivity index is 2.31. The van der Waals surface area contributed by atoms with Crippen molar-refractivity contribution in [2.75, 3.05) is 0 Å². The zero-order valence-electron chi connectivity index (χ0n) is 7.18. The minimum atomic E-state index is -4.20. The lowest BCUT2D eigenvalue weighted by atomic mass is 10.2. The zero-order chi connectivity index (χ0) is 10.4. The molecule has 0 N–H and O–H groups in total. The van der Waals surface area contributed by atoms with Gasteiger partial charge in [-0.1, -0.05) is 0 Å². The zero-order valence-corrected chi connectivity index (χ0v) is 7.94. The Kier molecular flexibility index (Phi) is 2.03. The maximum Gasteiger partial charge on any atom is 0.411 e. The van der Waals surface area contributed by atoms with Crippen molar-refractivity contribution in [2.45, 2.75) is 30.4 Å². The predicted octanol–water partition coefficient (Wildman–Crippen LogP) is 2.67. The molecule has 1 heterocycles. The summed E-state index contributed by atoms with van der Waals surface area (Å²) in [5.74, 6) is 0.140. The smallest absolute Gasteiger partial charge is 0.322 e. The monoisotopic (exact) mass is 224 g/mol. The summed E-state index contributed by atoms with van der Waals surface area (Å²) in [4.78, 5) is 3.79. The highest BCUT2D eigenvalue weighted by Crippen LogP contribution is 2.55. The van der Waals surface area contributed by atoms with Crippen LogP contribution in [0.25, 0.3) is 0 Å². The van der Waals surface area contributed by atoms with Gasteiger partial charge in [0.05, 0.1) is 17.9 Å². The summed E-state index contributed by atoms with van der Waals surface area (Å²) in [5.41, 5.74) is -1.23. The molecule has 0 radical (unpaired) electrons. The molecule has 1 saturated carbocycles. The molecule has 1 aromatic heterocycles. The van der Waals surface area contributed by atoms with Gasteiger partial charge in [0.1, 0.15) is 5.54 Å². The van der Waals surface area contributed by atoms with Crippen molar-refractivity contribution in [3.63, 3.8) is 0 Å². The maximum absolute atomic E-state index is 12.6. The Labute approximate surface area is 83.7 Å². The molecule has 0 bridgehead atoms. The van der Waals surface area contributed by atoms with E-state index in [0.717, 1.165) is 4.57 Å². The van der Waals surface area contributed by atoms with E-state index in [-0.39, 0.29) is 18.7 Å². The van der Waals surface area contributed by atoms with Gasteiger partial charge in [-0.3, -0.25) is 0 Å². The molecule has 0 unspecified atom stereocenters. The lowest BCUT2D eigenvalue weighted by molar-refractivity contribution is -0.179. The van der Waals surface area contributed by atoms with Gasteiger partial charge >= 0.3 is 6.18 Å². The van der Waals surface area contributed by atoms with Crippen molar-refractivity contribution in [1.82, 2.24) is 9.55 Å². The average Bonchev–Trinajstić information content (AvgIpc) is 2.79. The van der Waals surface area contributed by atoms with E-state index in [1.807, 2.05) is 0 Å². The predicted molar refractivity (Wildman–Crippen MR) is 45.0 cm³/mol. The fraction of sp³-hybridized carbons (Fsp3) is 0.625. The highest BCUT2D eigenvalue weighted by atomic mass is 35.5. The van der Waals surface area contributed by atoms with Gasteiger partial charge in [0, 0.05) is 6.20 Å². The van der Waals surface area contributed by atoms with Crippen LogP contribution in [0.4, 0.5) is 13.2 Å². The molecule has 14 heavy (non-hydrogen) atoms. The fourth-order valence-electron chi connectivity index (χ4n) is 1.47. The molecule has 1 fully saturated rings. The van der Waals surface area contributed by atoms with Crippen LogP contribution in [-0.4, -0.2) is 15.7 Å². The van der Waals surface area contributed by atoms with E-state index in [1.54, 1.807) is 0 Å². The lowest BCUT2D eigenvalue weighted by Crippen LogP contribution is -2.33. The summed E-state index contributed by atoms with van der Waals surface area (Å²) in [7, 11) is 0. The van der Waals surface area contributed by atoms with Crippen molar-refractivity contribution >= 4 is 11.6 Å². The van der Waals surface area contributed by atoms with Gasteiger partial charge in [0.2, 0.25) is 0 Å². The van der Waals surface area contributed by atoms with Gasteiger partial charge < -0.3 is 4.57 Å². The van der Waals surface area contributed by atoms with E-state index in [1.165, 1.54) is 12.5 Å². The number of halogens is 4. The molecular weight excluding hydrogens is 217 g/mol. The normalized spacial score (nSPS) is 19.7. The van der Waals surface area contributed by atoms with Crippen LogP contribution in [0.15, 0.2) is 12.5 Å². The third kappa shape index (κ3) is 1.30. The fourth-order valence-corrected chi connectivity index (χ4v) is 1.61. The number of aromatic nitrogens is 2. The minimum absolute atomic E-state index is 0.134. The minimum Gasteiger partial charge on any atom is -0.322 e. The second-order valence-corrected chi connectivity index (χ2v) is 3.70. The van der Waals surface area contributed by atoms with Crippen LogP contribution in [0.2, 0.25) is 0 Å². The number of hydrogen-bond acceptors (Lipinski definition) is 1. The molecule has 0 aromatic carbocycles.